The van der Waals surface area contributed by atoms with Gasteiger partial charge in [0.2, 0.25) is 0 Å². The molecule has 3 nitrogen and oxygen atoms in total. The van der Waals surface area contributed by atoms with E-state index in [-0.39, 0.29) is 0 Å². The van der Waals surface area contributed by atoms with Gasteiger partial charge in [0.15, 0.2) is 0 Å². The van der Waals surface area contributed by atoms with Crippen LogP contribution >= 0.6 is 28.1 Å². The van der Waals surface area contributed by atoms with E-state index in [4.69, 9.17) is 18.0 Å². The molecule has 17 heavy (non-hydrogen) atoms. The van der Waals surface area contributed by atoms with Crippen molar-refractivity contribution in [3.63, 3.8) is 0 Å². The van der Waals surface area contributed by atoms with E-state index in [1.54, 1.807) is 0 Å². The number of halogens is 1. The number of thiocarbonyl (C=S) groups is 1. The van der Waals surface area contributed by atoms with Crippen LogP contribution in [-0.2, 0) is 0 Å². The van der Waals surface area contributed by atoms with Crippen LogP contribution in [0.2, 0.25) is 0 Å². The number of nitrogens with two attached hydrogens (primary N) is 1. The predicted octanol–water partition coefficient (Wildman–Crippen LogP) is 2.90. The summed E-state index contributed by atoms with van der Waals surface area (Å²) in [5.41, 5.74) is 11.0. The Kier molecular flexibility index (Phi) is 4.36. The number of hydrogen-bond acceptors (Lipinski definition) is 3. The first-order chi connectivity index (χ1) is 8.16. The van der Waals surface area contributed by atoms with Crippen LogP contribution in [0.25, 0.3) is 0 Å². The highest BCUT2D eigenvalue weighted by Gasteiger charge is 2.12. The largest absolute Gasteiger partial charge is 0.389 e. The second-order valence-corrected chi connectivity index (χ2v) is 5.57. The highest BCUT2D eigenvalue weighted by Crippen LogP contribution is 2.23. The molecular weight excluding hydrogens is 298 g/mol. The maximum atomic E-state index is 5.73. The van der Waals surface area contributed by atoms with Gasteiger partial charge in [0, 0.05) is 23.1 Å². The van der Waals surface area contributed by atoms with Crippen molar-refractivity contribution in [3.05, 3.63) is 28.2 Å². The quantitative estimate of drug-likeness (QED) is 0.842. The Bertz CT molecular complexity index is 416. The van der Waals surface area contributed by atoms with Gasteiger partial charge in [0.05, 0.1) is 5.69 Å². The zero-order valence-corrected chi connectivity index (χ0v) is 12.0. The smallest absolute Gasteiger partial charge is 0.106 e. The Morgan fingerprint density at radius 3 is 2.65 bits per heavy atom. The summed E-state index contributed by atoms with van der Waals surface area (Å²) in [6, 6.07) is 5.91. The average molecular weight is 314 g/mol. The maximum Gasteiger partial charge on any atom is 0.106 e. The normalized spacial score (nSPS) is 16.8. The first-order valence-corrected chi connectivity index (χ1v) is 6.98. The van der Waals surface area contributed by atoms with E-state index in [1.807, 2.05) is 18.2 Å². The third-order valence-corrected chi connectivity index (χ3v) is 3.59. The summed E-state index contributed by atoms with van der Waals surface area (Å²) in [6.45, 7) is 2.15. The van der Waals surface area contributed by atoms with Gasteiger partial charge in [-0.2, -0.15) is 0 Å². The van der Waals surface area contributed by atoms with Gasteiger partial charge in [0.1, 0.15) is 4.99 Å². The SMILES string of the molecule is NC(=S)c1ccc(Br)cc1NN1CCCCC1. The van der Waals surface area contributed by atoms with Crippen molar-refractivity contribution in [1.29, 1.82) is 0 Å². The third kappa shape index (κ3) is 3.40. The van der Waals surface area contributed by atoms with E-state index in [9.17, 15) is 0 Å². The lowest BCUT2D eigenvalue weighted by Crippen LogP contribution is -2.35. The van der Waals surface area contributed by atoms with Crippen molar-refractivity contribution in [3.8, 4) is 0 Å². The molecule has 1 aromatic carbocycles. The fourth-order valence-corrected chi connectivity index (χ4v) is 2.54. The van der Waals surface area contributed by atoms with Crippen LogP contribution in [0.15, 0.2) is 22.7 Å². The molecule has 0 aliphatic carbocycles. The summed E-state index contributed by atoms with van der Waals surface area (Å²) in [7, 11) is 0. The fourth-order valence-electron chi connectivity index (χ4n) is 2.00. The number of nitrogens with zero attached hydrogens (tertiary/aromatic N) is 1. The molecule has 0 bridgehead atoms. The van der Waals surface area contributed by atoms with Crippen LogP contribution in [0, 0.1) is 0 Å². The van der Waals surface area contributed by atoms with E-state index in [2.05, 4.69) is 26.4 Å². The summed E-state index contributed by atoms with van der Waals surface area (Å²) in [5, 5.41) is 2.23. The topological polar surface area (TPSA) is 41.3 Å². The zero-order valence-electron chi connectivity index (χ0n) is 9.58. The summed E-state index contributed by atoms with van der Waals surface area (Å²) >= 11 is 8.53. The highest BCUT2D eigenvalue weighted by atomic mass is 79.9. The molecule has 0 amide bonds. The lowest BCUT2D eigenvalue weighted by Gasteiger charge is -2.28. The first-order valence-electron chi connectivity index (χ1n) is 5.78. The second-order valence-electron chi connectivity index (χ2n) is 4.21. The van der Waals surface area contributed by atoms with Crippen molar-refractivity contribution in [1.82, 2.24) is 5.01 Å². The molecule has 3 N–H and O–H groups in total. The van der Waals surface area contributed by atoms with E-state index < -0.39 is 0 Å². The molecule has 1 aromatic rings. The summed E-state index contributed by atoms with van der Waals surface area (Å²) < 4.78 is 1.03. The number of rotatable bonds is 3. The van der Waals surface area contributed by atoms with E-state index in [0.717, 1.165) is 28.8 Å². The van der Waals surface area contributed by atoms with Crippen LogP contribution < -0.4 is 11.2 Å². The summed E-state index contributed by atoms with van der Waals surface area (Å²) in [6.07, 6.45) is 3.80. The molecule has 0 unspecified atom stereocenters. The number of benzene rings is 1. The number of anilines is 1. The molecular formula is C12H16BrN3S. The van der Waals surface area contributed by atoms with Crippen LogP contribution in [0.3, 0.4) is 0 Å². The molecule has 5 heteroatoms. The van der Waals surface area contributed by atoms with Crippen molar-refractivity contribution >= 4 is 38.8 Å². The molecule has 1 aliphatic heterocycles. The number of nitrogens with one attached hydrogen (secondary N) is 1. The number of hydrogen-bond donors (Lipinski definition) is 2. The number of piperidine rings is 1. The third-order valence-electron chi connectivity index (χ3n) is 2.88. The molecule has 0 aromatic heterocycles. The minimum atomic E-state index is 0.428. The van der Waals surface area contributed by atoms with E-state index in [1.165, 1.54) is 19.3 Å². The molecule has 92 valence electrons. The zero-order chi connectivity index (χ0) is 12.3. The van der Waals surface area contributed by atoms with Gasteiger partial charge in [0.25, 0.3) is 0 Å². The van der Waals surface area contributed by atoms with Gasteiger partial charge in [-0.05, 0) is 31.0 Å². The van der Waals surface area contributed by atoms with E-state index in [0.29, 0.717) is 4.99 Å². The molecule has 0 radical (unpaired) electrons. The maximum absolute atomic E-state index is 5.73. The molecule has 0 atom stereocenters. The van der Waals surface area contributed by atoms with Gasteiger partial charge in [-0.3, -0.25) is 0 Å². The summed E-state index contributed by atoms with van der Waals surface area (Å²) in [4.78, 5) is 0.428. The van der Waals surface area contributed by atoms with Gasteiger partial charge < -0.3 is 11.2 Å². The fraction of sp³-hybridized carbons (Fsp3) is 0.417. The second kappa shape index (κ2) is 5.80. The standard InChI is InChI=1S/C12H16BrN3S/c13-9-4-5-10(12(14)17)11(8-9)15-16-6-2-1-3-7-16/h4-5,8,15H,1-3,6-7H2,(H2,14,17). The lowest BCUT2D eigenvalue weighted by atomic mass is 10.1. The Morgan fingerprint density at radius 1 is 1.29 bits per heavy atom. The van der Waals surface area contributed by atoms with Gasteiger partial charge in [-0.15, -0.1) is 0 Å². The molecule has 1 aliphatic rings. The van der Waals surface area contributed by atoms with Crippen molar-refractivity contribution in [2.45, 2.75) is 19.3 Å². The van der Waals surface area contributed by atoms with Crippen molar-refractivity contribution in [2.75, 3.05) is 18.5 Å². The molecule has 1 fully saturated rings. The molecule has 0 spiro atoms. The molecule has 1 heterocycles. The van der Waals surface area contributed by atoms with E-state index >= 15 is 0 Å². The van der Waals surface area contributed by atoms with Crippen LogP contribution in [0.5, 0.6) is 0 Å². The van der Waals surface area contributed by atoms with Crippen LogP contribution in [0.4, 0.5) is 5.69 Å². The monoisotopic (exact) mass is 313 g/mol. The minimum Gasteiger partial charge on any atom is -0.389 e. The molecule has 0 saturated carbocycles. The molecule has 2 rings (SSSR count). The highest BCUT2D eigenvalue weighted by molar-refractivity contribution is 9.10. The minimum absolute atomic E-state index is 0.428. The van der Waals surface area contributed by atoms with Crippen LogP contribution in [0.1, 0.15) is 24.8 Å². The Morgan fingerprint density at radius 2 is 2.00 bits per heavy atom. The first kappa shape index (κ1) is 12.8. The Balaban J connectivity index is 2.17. The number of hydrazine groups is 1. The predicted molar refractivity (Wildman–Crippen MR) is 79.1 cm³/mol. The van der Waals surface area contributed by atoms with Gasteiger partial charge in [-0.1, -0.05) is 34.6 Å². The van der Waals surface area contributed by atoms with Crippen molar-refractivity contribution < 1.29 is 0 Å². The Labute approximate surface area is 115 Å². The van der Waals surface area contributed by atoms with Crippen LogP contribution in [-0.4, -0.2) is 23.1 Å². The van der Waals surface area contributed by atoms with Gasteiger partial charge in [-0.25, -0.2) is 5.01 Å². The average Bonchev–Trinajstić information content (AvgIpc) is 2.30. The lowest BCUT2D eigenvalue weighted by molar-refractivity contribution is 0.273. The molecule has 1 saturated heterocycles. The van der Waals surface area contributed by atoms with Crippen molar-refractivity contribution in [2.24, 2.45) is 5.73 Å². The van der Waals surface area contributed by atoms with Gasteiger partial charge >= 0.3 is 0 Å². The Hall–Kier alpha value is -0.650. The summed E-state index contributed by atoms with van der Waals surface area (Å²) in [5.74, 6) is 0.